The van der Waals surface area contributed by atoms with Gasteiger partial charge in [0.1, 0.15) is 24.5 Å². The highest BCUT2D eigenvalue weighted by Gasteiger charge is 2.34. The third-order valence-electron chi connectivity index (χ3n) is 5.86. The average molecular weight is 418 g/mol. The molecule has 2 aliphatic heterocycles. The van der Waals surface area contributed by atoms with E-state index in [-0.39, 0.29) is 30.4 Å². The Morgan fingerprint density at radius 2 is 1.73 bits per heavy atom. The standard InChI is InChI=1S/C22H31N3O5/c1-4-23-13-14-25(16(2)21(23)27)22(28)17-5-7-18(8-6-17)30-19-9-11-24(12-10-19)20(26)15-29-3/h5-8,16,19H,4,9-15H2,1-3H3/t16-/m1/s1. The zero-order chi connectivity index (χ0) is 21.7. The molecule has 8 nitrogen and oxygen atoms in total. The number of rotatable bonds is 6. The number of methoxy groups -OCH3 is 1. The van der Waals surface area contributed by atoms with Crippen LogP contribution in [0, 0.1) is 0 Å². The van der Waals surface area contributed by atoms with E-state index < -0.39 is 6.04 Å². The van der Waals surface area contributed by atoms with E-state index in [1.54, 1.807) is 45.9 Å². The van der Waals surface area contributed by atoms with E-state index in [0.29, 0.717) is 44.0 Å². The largest absolute Gasteiger partial charge is 0.490 e. The summed E-state index contributed by atoms with van der Waals surface area (Å²) < 4.78 is 10.9. The molecule has 1 atom stereocenters. The van der Waals surface area contributed by atoms with E-state index in [9.17, 15) is 14.4 Å². The SMILES string of the molecule is CCN1CCN(C(=O)c2ccc(OC3CCN(C(=O)COC)CC3)cc2)[C@H](C)C1=O. The average Bonchev–Trinajstić information content (AvgIpc) is 2.76. The monoisotopic (exact) mass is 417 g/mol. The molecule has 0 bridgehead atoms. The molecule has 1 aromatic carbocycles. The summed E-state index contributed by atoms with van der Waals surface area (Å²) in [4.78, 5) is 42.3. The van der Waals surface area contributed by atoms with Gasteiger partial charge in [-0.2, -0.15) is 0 Å². The summed E-state index contributed by atoms with van der Waals surface area (Å²) in [5.41, 5.74) is 0.548. The van der Waals surface area contributed by atoms with Gasteiger partial charge < -0.3 is 24.2 Å². The molecular formula is C22H31N3O5. The second kappa shape index (κ2) is 9.93. The molecule has 0 spiro atoms. The lowest BCUT2D eigenvalue weighted by molar-refractivity contribution is -0.139. The Morgan fingerprint density at radius 1 is 1.07 bits per heavy atom. The maximum absolute atomic E-state index is 12.9. The number of piperazine rings is 1. The summed E-state index contributed by atoms with van der Waals surface area (Å²) in [6.45, 7) is 6.91. The maximum atomic E-state index is 12.9. The number of piperidine rings is 1. The van der Waals surface area contributed by atoms with Crippen molar-refractivity contribution in [2.24, 2.45) is 0 Å². The first-order chi connectivity index (χ1) is 14.4. The van der Waals surface area contributed by atoms with Gasteiger partial charge in [-0.3, -0.25) is 14.4 Å². The van der Waals surface area contributed by atoms with Gasteiger partial charge in [-0.1, -0.05) is 0 Å². The predicted molar refractivity (Wildman–Crippen MR) is 111 cm³/mol. The van der Waals surface area contributed by atoms with Crippen LogP contribution in [-0.4, -0.2) is 91.0 Å². The third kappa shape index (κ3) is 4.92. The Kier molecular flexibility index (Phi) is 7.31. The van der Waals surface area contributed by atoms with Crippen LogP contribution in [0.5, 0.6) is 5.75 Å². The summed E-state index contributed by atoms with van der Waals surface area (Å²) in [6, 6.07) is 6.64. The minimum Gasteiger partial charge on any atom is -0.490 e. The summed E-state index contributed by atoms with van der Waals surface area (Å²) in [6.07, 6.45) is 1.56. The first-order valence-electron chi connectivity index (χ1n) is 10.6. The third-order valence-corrected chi connectivity index (χ3v) is 5.86. The first kappa shape index (κ1) is 22.1. The van der Waals surface area contributed by atoms with Crippen molar-refractivity contribution in [3.8, 4) is 5.75 Å². The normalized spacial score (nSPS) is 20.4. The molecule has 3 amide bonds. The summed E-state index contributed by atoms with van der Waals surface area (Å²) >= 11 is 0. The smallest absolute Gasteiger partial charge is 0.254 e. The van der Waals surface area contributed by atoms with Crippen molar-refractivity contribution in [1.29, 1.82) is 0 Å². The Bertz CT molecular complexity index is 759. The number of hydrogen-bond acceptors (Lipinski definition) is 5. The summed E-state index contributed by atoms with van der Waals surface area (Å²) in [5, 5.41) is 0. The van der Waals surface area contributed by atoms with Crippen LogP contribution < -0.4 is 4.74 Å². The predicted octanol–water partition coefficient (Wildman–Crippen LogP) is 1.40. The van der Waals surface area contributed by atoms with Gasteiger partial charge in [-0.05, 0) is 38.1 Å². The zero-order valence-corrected chi connectivity index (χ0v) is 18.0. The number of likely N-dealkylation sites (N-methyl/N-ethyl adjacent to an activating group) is 1. The van der Waals surface area contributed by atoms with Crippen LogP contribution in [0.15, 0.2) is 24.3 Å². The lowest BCUT2D eigenvalue weighted by Crippen LogP contribution is -2.57. The fraction of sp³-hybridized carbons (Fsp3) is 0.591. The fourth-order valence-electron chi connectivity index (χ4n) is 3.99. The van der Waals surface area contributed by atoms with E-state index >= 15 is 0 Å². The van der Waals surface area contributed by atoms with Gasteiger partial charge in [0.15, 0.2) is 0 Å². The highest BCUT2D eigenvalue weighted by atomic mass is 16.5. The van der Waals surface area contributed by atoms with Gasteiger partial charge in [0.2, 0.25) is 11.8 Å². The van der Waals surface area contributed by atoms with Crippen LogP contribution in [0.2, 0.25) is 0 Å². The number of amides is 3. The van der Waals surface area contributed by atoms with Crippen LogP contribution in [0.4, 0.5) is 0 Å². The lowest BCUT2D eigenvalue weighted by Gasteiger charge is -2.38. The van der Waals surface area contributed by atoms with E-state index in [2.05, 4.69) is 0 Å². The molecule has 164 valence electrons. The van der Waals surface area contributed by atoms with Gasteiger partial charge in [-0.15, -0.1) is 0 Å². The maximum Gasteiger partial charge on any atom is 0.254 e. The minimum absolute atomic E-state index is 0.00583. The Morgan fingerprint density at radius 3 is 2.33 bits per heavy atom. The molecule has 0 saturated carbocycles. The Balaban J connectivity index is 1.54. The molecule has 1 aromatic rings. The number of ether oxygens (including phenoxy) is 2. The van der Waals surface area contributed by atoms with Crippen LogP contribution in [0.3, 0.4) is 0 Å². The van der Waals surface area contributed by atoms with E-state index in [1.165, 1.54) is 7.11 Å². The van der Waals surface area contributed by atoms with Crippen LogP contribution in [0.25, 0.3) is 0 Å². The number of carbonyl (C=O) groups excluding carboxylic acids is 3. The highest BCUT2D eigenvalue weighted by molar-refractivity contribution is 5.98. The highest BCUT2D eigenvalue weighted by Crippen LogP contribution is 2.21. The Labute approximate surface area is 177 Å². The number of hydrogen-bond donors (Lipinski definition) is 0. The van der Waals surface area contributed by atoms with Crippen molar-refractivity contribution in [3.63, 3.8) is 0 Å². The number of carbonyl (C=O) groups is 3. The van der Waals surface area contributed by atoms with Gasteiger partial charge in [0.25, 0.3) is 5.91 Å². The van der Waals surface area contributed by atoms with Crippen molar-refractivity contribution in [3.05, 3.63) is 29.8 Å². The molecule has 3 rings (SSSR count). The molecule has 8 heteroatoms. The van der Waals surface area contributed by atoms with Crippen molar-refractivity contribution >= 4 is 17.7 Å². The van der Waals surface area contributed by atoms with Gasteiger partial charge in [0, 0.05) is 58.2 Å². The van der Waals surface area contributed by atoms with Crippen LogP contribution in [-0.2, 0) is 14.3 Å². The molecule has 0 N–H and O–H groups in total. The number of likely N-dealkylation sites (tertiary alicyclic amines) is 1. The van der Waals surface area contributed by atoms with Crippen molar-refractivity contribution in [1.82, 2.24) is 14.7 Å². The fourth-order valence-corrected chi connectivity index (χ4v) is 3.99. The molecule has 0 radical (unpaired) electrons. The van der Waals surface area contributed by atoms with Gasteiger partial charge in [0.05, 0.1) is 0 Å². The zero-order valence-electron chi connectivity index (χ0n) is 18.0. The quantitative estimate of drug-likeness (QED) is 0.699. The first-order valence-corrected chi connectivity index (χ1v) is 10.6. The molecule has 2 heterocycles. The van der Waals surface area contributed by atoms with Crippen molar-refractivity contribution < 1.29 is 23.9 Å². The topological polar surface area (TPSA) is 79.4 Å². The molecule has 0 unspecified atom stereocenters. The van der Waals surface area contributed by atoms with Crippen molar-refractivity contribution in [2.45, 2.75) is 38.8 Å². The van der Waals surface area contributed by atoms with Gasteiger partial charge >= 0.3 is 0 Å². The van der Waals surface area contributed by atoms with Crippen molar-refractivity contribution in [2.75, 3.05) is 46.4 Å². The summed E-state index contributed by atoms with van der Waals surface area (Å²) in [5.74, 6) is 0.565. The summed E-state index contributed by atoms with van der Waals surface area (Å²) in [7, 11) is 1.52. The molecule has 2 aliphatic rings. The number of nitrogens with zero attached hydrogens (tertiary/aromatic N) is 3. The van der Waals surface area contributed by atoms with E-state index in [4.69, 9.17) is 9.47 Å². The molecule has 30 heavy (non-hydrogen) atoms. The second-order valence-electron chi connectivity index (χ2n) is 7.75. The Hall–Kier alpha value is -2.61. The number of benzene rings is 1. The molecule has 0 aromatic heterocycles. The molecular weight excluding hydrogens is 386 g/mol. The second-order valence-corrected chi connectivity index (χ2v) is 7.75. The molecule has 0 aliphatic carbocycles. The molecule has 2 saturated heterocycles. The van der Waals surface area contributed by atoms with Gasteiger partial charge in [-0.25, -0.2) is 0 Å². The van der Waals surface area contributed by atoms with E-state index in [1.807, 2.05) is 6.92 Å². The molecule has 2 fully saturated rings. The van der Waals surface area contributed by atoms with Crippen LogP contribution in [0.1, 0.15) is 37.0 Å². The lowest BCUT2D eigenvalue weighted by atomic mass is 10.1. The van der Waals surface area contributed by atoms with Crippen LogP contribution >= 0.6 is 0 Å². The minimum atomic E-state index is -0.451. The van der Waals surface area contributed by atoms with E-state index in [0.717, 1.165) is 12.8 Å².